The second-order valence-electron chi connectivity index (χ2n) is 8.19. The Kier molecular flexibility index (Phi) is 8.52. The number of rotatable bonds is 6. The van der Waals surface area contributed by atoms with Crippen molar-refractivity contribution in [1.82, 2.24) is 0 Å². The first-order valence-electron chi connectivity index (χ1n) is 9.62. The fraction of sp³-hybridized carbons (Fsp3) is 0.941. The smallest absolute Gasteiger partial charge is 0.462 e. The number of carbonyl (C=O) groups excluding carboxylic acids is 1. The van der Waals surface area contributed by atoms with Gasteiger partial charge < -0.3 is 4.74 Å². The van der Waals surface area contributed by atoms with Gasteiger partial charge in [0, 0.05) is 5.92 Å². The Bertz CT molecular complexity index is 801. The lowest BCUT2D eigenvalue weighted by atomic mass is 9.88. The summed E-state index contributed by atoms with van der Waals surface area (Å²) in [5.74, 6) is -3.19. The van der Waals surface area contributed by atoms with Crippen LogP contribution in [0.2, 0.25) is 0 Å². The van der Waals surface area contributed by atoms with Crippen molar-refractivity contribution in [3.63, 3.8) is 0 Å². The van der Waals surface area contributed by atoms with Crippen LogP contribution in [0, 0.1) is 11.3 Å². The number of hydrogen-bond donors (Lipinski definition) is 0. The largest absolute Gasteiger partial charge is 0.498 e. The summed E-state index contributed by atoms with van der Waals surface area (Å²) in [6.45, 7) is 4.47. The predicted octanol–water partition coefficient (Wildman–Crippen LogP) is 4.50. The molecule has 1 aliphatic carbocycles. The van der Waals surface area contributed by atoms with Crippen LogP contribution in [0.1, 0.15) is 65.7 Å². The predicted molar refractivity (Wildman–Crippen MR) is 98.9 cm³/mol. The Balaban J connectivity index is 3.67. The standard InChI is InChI=1S/C17H26F6O6S2/c1-4-15(2,3)14(24)29-12-10-8-6-5-7-9-11(12)13(30(25,26)16(18,19)20)31(27,28)17(21,22)23/h11-13H,4-10H2,1-3H3. The van der Waals surface area contributed by atoms with Crippen molar-refractivity contribution in [3.05, 3.63) is 0 Å². The summed E-state index contributed by atoms with van der Waals surface area (Å²) in [4.78, 5) is 12.5. The molecule has 0 amide bonds. The Labute approximate surface area is 177 Å². The highest BCUT2D eigenvalue weighted by Gasteiger charge is 2.66. The summed E-state index contributed by atoms with van der Waals surface area (Å²) >= 11 is 0. The maximum Gasteiger partial charge on any atom is 0.498 e. The molecule has 14 heteroatoms. The second kappa shape index (κ2) is 9.44. The van der Waals surface area contributed by atoms with E-state index in [0.717, 1.165) is 0 Å². The average molecular weight is 505 g/mol. The van der Waals surface area contributed by atoms with Crippen LogP contribution in [-0.2, 0) is 29.2 Å². The van der Waals surface area contributed by atoms with Crippen molar-refractivity contribution in [2.75, 3.05) is 0 Å². The van der Waals surface area contributed by atoms with Crippen molar-refractivity contribution in [1.29, 1.82) is 0 Å². The lowest BCUT2D eigenvalue weighted by molar-refractivity contribution is -0.163. The molecule has 2 unspecified atom stereocenters. The second-order valence-corrected chi connectivity index (χ2v) is 12.6. The Morgan fingerprint density at radius 1 is 0.871 bits per heavy atom. The number of sulfone groups is 2. The number of carbonyl (C=O) groups is 1. The van der Waals surface area contributed by atoms with Crippen LogP contribution in [0.3, 0.4) is 0 Å². The van der Waals surface area contributed by atoms with Crippen LogP contribution in [-0.4, -0.2) is 44.5 Å². The van der Waals surface area contributed by atoms with Gasteiger partial charge in [-0.3, -0.25) is 4.79 Å². The first-order chi connectivity index (χ1) is 13.8. The molecule has 0 aromatic rings. The molecule has 0 radical (unpaired) electrons. The molecule has 0 bridgehead atoms. The summed E-state index contributed by atoms with van der Waals surface area (Å²) < 4.78 is 129. The third kappa shape index (κ3) is 6.05. The molecular formula is C17H26F6O6S2. The molecule has 31 heavy (non-hydrogen) atoms. The highest BCUT2D eigenvalue weighted by atomic mass is 32.3. The van der Waals surface area contributed by atoms with Crippen molar-refractivity contribution in [3.8, 4) is 0 Å². The maximum absolute atomic E-state index is 13.2. The molecule has 1 aliphatic rings. The quantitative estimate of drug-likeness (QED) is 0.391. The zero-order chi connectivity index (χ0) is 24.5. The third-order valence-electron chi connectivity index (χ3n) is 5.55. The number of ether oxygens (including phenoxy) is 1. The molecule has 0 aromatic heterocycles. The maximum atomic E-state index is 13.2. The van der Waals surface area contributed by atoms with Gasteiger partial charge in [0.05, 0.1) is 5.41 Å². The van der Waals surface area contributed by atoms with Gasteiger partial charge >= 0.3 is 17.0 Å². The minimum absolute atomic E-state index is 0.0207. The molecule has 0 N–H and O–H groups in total. The fourth-order valence-electron chi connectivity index (χ4n) is 3.27. The van der Waals surface area contributed by atoms with Crippen molar-refractivity contribution in [2.24, 2.45) is 11.3 Å². The van der Waals surface area contributed by atoms with E-state index in [0.29, 0.717) is 12.8 Å². The topological polar surface area (TPSA) is 94.6 Å². The highest BCUT2D eigenvalue weighted by molar-refractivity contribution is 8.09. The number of esters is 1. The molecule has 0 aliphatic heterocycles. The van der Waals surface area contributed by atoms with E-state index in [1.54, 1.807) is 6.92 Å². The van der Waals surface area contributed by atoms with Crippen LogP contribution in [0.4, 0.5) is 26.3 Å². The fourth-order valence-corrected chi connectivity index (χ4v) is 7.33. The lowest BCUT2D eigenvalue weighted by Gasteiger charge is -2.36. The van der Waals surface area contributed by atoms with Gasteiger partial charge in [-0.1, -0.05) is 26.2 Å². The summed E-state index contributed by atoms with van der Waals surface area (Å²) in [6.07, 6.45) is -1.32. The van der Waals surface area contributed by atoms with Crippen molar-refractivity contribution >= 4 is 25.6 Å². The Hall–Kier alpha value is -1.05. The highest BCUT2D eigenvalue weighted by Crippen LogP contribution is 2.44. The molecular weight excluding hydrogens is 478 g/mol. The van der Waals surface area contributed by atoms with Crippen LogP contribution in [0.5, 0.6) is 0 Å². The summed E-state index contributed by atoms with van der Waals surface area (Å²) in [7, 11) is -13.6. The van der Waals surface area contributed by atoms with Crippen molar-refractivity contribution < 1.29 is 52.7 Å². The number of halogens is 6. The first-order valence-corrected chi connectivity index (χ1v) is 12.7. The van der Waals surface area contributed by atoms with Gasteiger partial charge in [0.2, 0.25) is 0 Å². The normalized spacial score (nSPS) is 22.6. The summed E-state index contributed by atoms with van der Waals surface area (Å²) in [6, 6.07) is 0. The van der Waals surface area contributed by atoms with Crippen LogP contribution >= 0.6 is 0 Å². The van der Waals surface area contributed by atoms with Crippen LogP contribution in [0.15, 0.2) is 0 Å². The Morgan fingerprint density at radius 3 is 1.68 bits per heavy atom. The van der Waals surface area contributed by atoms with E-state index in [-0.39, 0.29) is 25.7 Å². The SMILES string of the molecule is CCC(C)(C)C(=O)OC1CCCCCCC1C(S(=O)(=O)C(F)(F)F)S(=O)(=O)C(F)(F)F. The van der Waals surface area contributed by atoms with Crippen LogP contribution < -0.4 is 0 Å². The molecule has 1 rings (SSSR count). The molecule has 0 saturated heterocycles. The molecule has 2 atom stereocenters. The van der Waals surface area contributed by atoms with Gasteiger partial charge in [-0.2, -0.15) is 26.3 Å². The van der Waals surface area contributed by atoms with E-state index in [1.165, 1.54) is 13.8 Å². The molecule has 1 saturated carbocycles. The van der Waals surface area contributed by atoms with E-state index >= 15 is 0 Å². The van der Waals surface area contributed by atoms with Gasteiger partial charge in [0.1, 0.15) is 6.10 Å². The number of hydrogen-bond acceptors (Lipinski definition) is 6. The molecule has 0 spiro atoms. The number of alkyl halides is 6. The summed E-state index contributed by atoms with van der Waals surface area (Å²) in [5.41, 5.74) is -13.7. The zero-order valence-electron chi connectivity index (χ0n) is 17.2. The summed E-state index contributed by atoms with van der Waals surface area (Å²) in [5, 5.41) is 0. The Morgan fingerprint density at radius 2 is 1.29 bits per heavy atom. The third-order valence-corrected chi connectivity index (χ3v) is 10.3. The minimum atomic E-state index is -6.82. The van der Waals surface area contributed by atoms with E-state index in [4.69, 9.17) is 4.74 Å². The van der Waals surface area contributed by atoms with Gasteiger partial charge in [-0.15, -0.1) is 0 Å². The van der Waals surface area contributed by atoms with Crippen molar-refractivity contribution in [2.45, 2.75) is 87.4 Å². The van der Waals surface area contributed by atoms with Gasteiger partial charge in [0.25, 0.3) is 19.7 Å². The van der Waals surface area contributed by atoms with Crippen LogP contribution in [0.25, 0.3) is 0 Å². The average Bonchev–Trinajstić information content (AvgIpc) is 2.57. The van der Waals surface area contributed by atoms with E-state index in [9.17, 15) is 48.0 Å². The van der Waals surface area contributed by atoms with E-state index in [2.05, 4.69) is 0 Å². The molecule has 0 aromatic carbocycles. The zero-order valence-corrected chi connectivity index (χ0v) is 18.8. The molecule has 6 nitrogen and oxygen atoms in total. The minimum Gasteiger partial charge on any atom is -0.462 e. The van der Waals surface area contributed by atoms with E-state index < -0.39 is 65.1 Å². The monoisotopic (exact) mass is 504 g/mol. The van der Waals surface area contributed by atoms with Gasteiger partial charge in [-0.05, 0) is 39.5 Å². The molecule has 0 heterocycles. The van der Waals surface area contributed by atoms with E-state index in [1.807, 2.05) is 0 Å². The van der Waals surface area contributed by atoms with Gasteiger partial charge in [0.15, 0.2) is 4.58 Å². The molecule has 184 valence electrons. The lowest BCUT2D eigenvalue weighted by Crippen LogP contribution is -2.52. The van der Waals surface area contributed by atoms with Gasteiger partial charge in [-0.25, -0.2) is 16.8 Å². The molecule has 1 fully saturated rings. The first kappa shape index (κ1) is 28.0.